The molecule has 0 fully saturated rings. The predicted molar refractivity (Wildman–Crippen MR) is 72.1 cm³/mol. The molecular weight excluding hydrogens is 226 g/mol. The van der Waals surface area contributed by atoms with Gasteiger partial charge in [0.1, 0.15) is 0 Å². The first-order valence-electron chi connectivity index (χ1n) is 6.74. The van der Waals surface area contributed by atoms with Gasteiger partial charge in [0, 0.05) is 36.5 Å². The van der Waals surface area contributed by atoms with Gasteiger partial charge in [-0.25, -0.2) is 0 Å². The normalized spacial score (nSPS) is 17.9. The van der Waals surface area contributed by atoms with Gasteiger partial charge in [0.25, 0.3) is 0 Å². The average molecular weight is 249 g/mol. The minimum Gasteiger partial charge on any atom is -0.380 e. The molecule has 0 N–H and O–H groups in total. The lowest BCUT2D eigenvalue weighted by Crippen LogP contribution is -2.28. The fourth-order valence-electron chi connectivity index (χ4n) is 2.82. The topological polar surface area (TPSA) is 31.2 Å². The molecular formula is C15H23NO2. The van der Waals surface area contributed by atoms with Crippen LogP contribution in [0.3, 0.4) is 0 Å². The fourth-order valence-corrected chi connectivity index (χ4v) is 2.82. The van der Waals surface area contributed by atoms with Gasteiger partial charge in [-0.05, 0) is 31.7 Å². The summed E-state index contributed by atoms with van der Waals surface area (Å²) in [6.45, 7) is 10.7. The summed E-state index contributed by atoms with van der Waals surface area (Å²) in [5, 5.41) is 0. The lowest BCUT2D eigenvalue weighted by molar-refractivity contribution is 0.0907. The number of hydrogen-bond acceptors (Lipinski definition) is 2. The third-order valence-corrected chi connectivity index (χ3v) is 3.66. The van der Waals surface area contributed by atoms with Crippen LogP contribution in [0.2, 0.25) is 0 Å². The predicted octanol–water partition coefficient (Wildman–Crippen LogP) is 2.99. The van der Waals surface area contributed by atoms with E-state index in [4.69, 9.17) is 4.74 Å². The minimum atomic E-state index is 0.0816. The maximum Gasteiger partial charge on any atom is 0.165 e. The lowest BCUT2D eigenvalue weighted by atomic mass is 9.76. The van der Waals surface area contributed by atoms with E-state index in [0.717, 1.165) is 25.1 Å². The summed E-state index contributed by atoms with van der Waals surface area (Å²) in [5.41, 5.74) is 3.39. The molecule has 0 aliphatic heterocycles. The molecule has 0 aromatic carbocycles. The Bertz CT molecular complexity index is 457. The van der Waals surface area contributed by atoms with Crippen LogP contribution < -0.4 is 0 Å². The van der Waals surface area contributed by atoms with E-state index >= 15 is 0 Å². The van der Waals surface area contributed by atoms with E-state index in [1.54, 1.807) is 0 Å². The van der Waals surface area contributed by atoms with Crippen molar-refractivity contribution in [3.8, 4) is 0 Å². The summed E-state index contributed by atoms with van der Waals surface area (Å²) in [6, 6.07) is 2.04. The summed E-state index contributed by atoms with van der Waals surface area (Å²) in [6.07, 6.45) is 1.64. The van der Waals surface area contributed by atoms with Crippen molar-refractivity contribution in [1.82, 2.24) is 4.57 Å². The number of hydrogen-bond donors (Lipinski definition) is 0. The highest BCUT2D eigenvalue weighted by Gasteiger charge is 2.33. The van der Waals surface area contributed by atoms with Gasteiger partial charge in [-0.1, -0.05) is 13.8 Å². The molecule has 1 aliphatic carbocycles. The lowest BCUT2D eigenvalue weighted by Gasteiger charge is -2.29. The molecule has 0 saturated carbocycles. The van der Waals surface area contributed by atoms with Crippen LogP contribution in [0.5, 0.6) is 0 Å². The molecule has 1 aromatic heterocycles. The molecule has 1 aliphatic rings. The van der Waals surface area contributed by atoms with Crippen molar-refractivity contribution in [3.05, 3.63) is 23.0 Å². The Labute approximate surface area is 109 Å². The van der Waals surface area contributed by atoms with Crippen molar-refractivity contribution in [2.24, 2.45) is 5.41 Å². The number of aromatic nitrogens is 1. The van der Waals surface area contributed by atoms with Gasteiger partial charge in [0.2, 0.25) is 0 Å². The Hall–Kier alpha value is -1.09. The molecule has 0 amide bonds. The highest BCUT2D eigenvalue weighted by atomic mass is 16.5. The number of rotatable bonds is 4. The number of fused-ring (bicyclic) bond motifs is 1. The van der Waals surface area contributed by atoms with Gasteiger partial charge in [0.05, 0.1) is 6.61 Å². The van der Waals surface area contributed by atoms with Crippen LogP contribution in [-0.2, 0) is 17.7 Å². The number of nitrogens with zero attached hydrogens (tertiary/aromatic N) is 1. The standard InChI is InChI=1S/C15H23NO2/c1-5-18-7-6-16-11(2)8-12-13(16)9-15(3,4)10-14(12)17/h8H,5-7,9-10H2,1-4H3. The monoisotopic (exact) mass is 249 g/mol. The first-order chi connectivity index (χ1) is 8.44. The van der Waals surface area contributed by atoms with Crippen LogP contribution in [0.15, 0.2) is 6.07 Å². The van der Waals surface area contributed by atoms with Gasteiger partial charge in [-0.2, -0.15) is 0 Å². The van der Waals surface area contributed by atoms with E-state index in [-0.39, 0.29) is 5.41 Å². The maximum absolute atomic E-state index is 12.2. The number of carbonyl (C=O) groups is 1. The zero-order chi connectivity index (χ0) is 13.3. The molecule has 2 rings (SSSR count). The second kappa shape index (κ2) is 4.88. The molecule has 100 valence electrons. The number of Topliss-reactive ketones (excluding diaryl/α,β-unsaturated/α-hetero) is 1. The summed E-state index contributed by atoms with van der Waals surface area (Å²) >= 11 is 0. The highest BCUT2D eigenvalue weighted by molar-refractivity contribution is 5.99. The number of ketones is 1. The van der Waals surface area contributed by atoms with E-state index in [2.05, 4.69) is 25.3 Å². The van der Waals surface area contributed by atoms with Crippen molar-refractivity contribution in [2.75, 3.05) is 13.2 Å². The molecule has 0 unspecified atom stereocenters. The number of aryl methyl sites for hydroxylation is 1. The van der Waals surface area contributed by atoms with E-state index < -0.39 is 0 Å². The van der Waals surface area contributed by atoms with Crippen molar-refractivity contribution in [2.45, 2.75) is 47.1 Å². The minimum absolute atomic E-state index is 0.0816. The first kappa shape index (κ1) is 13.3. The molecule has 0 spiro atoms. The smallest absolute Gasteiger partial charge is 0.165 e. The summed E-state index contributed by atoms with van der Waals surface area (Å²) in [4.78, 5) is 12.2. The second-order valence-electron chi connectivity index (χ2n) is 5.94. The molecule has 3 nitrogen and oxygen atoms in total. The van der Waals surface area contributed by atoms with E-state index in [1.165, 1.54) is 11.4 Å². The second-order valence-corrected chi connectivity index (χ2v) is 5.94. The first-order valence-corrected chi connectivity index (χ1v) is 6.74. The molecule has 18 heavy (non-hydrogen) atoms. The Kier molecular flexibility index (Phi) is 3.62. The number of carbonyl (C=O) groups excluding carboxylic acids is 1. The van der Waals surface area contributed by atoms with Gasteiger partial charge < -0.3 is 9.30 Å². The Morgan fingerprint density at radius 3 is 2.78 bits per heavy atom. The van der Waals surface area contributed by atoms with Crippen LogP contribution in [0.25, 0.3) is 0 Å². The molecule has 0 saturated heterocycles. The van der Waals surface area contributed by atoms with Crippen molar-refractivity contribution >= 4 is 5.78 Å². The van der Waals surface area contributed by atoms with Crippen LogP contribution in [0.4, 0.5) is 0 Å². The maximum atomic E-state index is 12.2. The summed E-state index contributed by atoms with van der Waals surface area (Å²) < 4.78 is 7.68. The van der Waals surface area contributed by atoms with E-state index in [9.17, 15) is 4.79 Å². The zero-order valence-corrected chi connectivity index (χ0v) is 11.9. The van der Waals surface area contributed by atoms with Crippen molar-refractivity contribution in [3.63, 3.8) is 0 Å². The molecule has 0 radical (unpaired) electrons. The van der Waals surface area contributed by atoms with Gasteiger partial charge >= 0.3 is 0 Å². The van der Waals surface area contributed by atoms with E-state index in [1.807, 2.05) is 13.0 Å². The van der Waals surface area contributed by atoms with Gasteiger partial charge in [0.15, 0.2) is 5.78 Å². The van der Waals surface area contributed by atoms with Crippen LogP contribution in [-0.4, -0.2) is 23.6 Å². The zero-order valence-electron chi connectivity index (χ0n) is 11.9. The van der Waals surface area contributed by atoms with Crippen molar-refractivity contribution < 1.29 is 9.53 Å². The SMILES string of the molecule is CCOCCn1c(C)cc2c1CC(C)(C)CC2=O. The Morgan fingerprint density at radius 2 is 2.11 bits per heavy atom. The molecule has 1 heterocycles. The third kappa shape index (κ3) is 2.51. The Balaban J connectivity index is 2.29. The fraction of sp³-hybridized carbons (Fsp3) is 0.667. The molecule has 0 bridgehead atoms. The van der Waals surface area contributed by atoms with E-state index in [0.29, 0.717) is 18.8 Å². The van der Waals surface area contributed by atoms with Gasteiger partial charge in [-0.3, -0.25) is 4.79 Å². The van der Waals surface area contributed by atoms with Crippen molar-refractivity contribution in [1.29, 1.82) is 0 Å². The quantitative estimate of drug-likeness (QED) is 0.768. The largest absolute Gasteiger partial charge is 0.380 e. The van der Waals surface area contributed by atoms with Crippen LogP contribution >= 0.6 is 0 Å². The van der Waals surface area contributed by atoms with Crippen LogP contribution in [0, 0.1) is 12.3 Å². The van der Waals surface area contributed by atoms with Crippen LogP contribution in [0.1, 0.15) is 48.9 Å². The molecule has 3 heteroatoms. The highest BCUT2D eigenvalue weighted by Crippen LogP contribution is 2.36. The molecule has 1 aromatic rings. The Morgan fingerprint density at radius 1 is 1.39 bits per heavy atom. The summed E-state index contributed by atoms with van der Waals surface area (Å²) in [5.74, 6) is 0.291. The average Bonchev–Trinajstić information content (AvgIpc) is 2.56. The molecule has 0 atom stereocenters. The van der Waals surface area contributed by atoms with Gasteiger partial charge in [-0.15, -0.1) is 0 Å². The summed E-state index contributed by atoms with van der Waals surface area (Å²) in [7, 11) is 0. The third-order valence-electron chi connectivity index (χ3n) is 3.66. The number of ether oxygens (including phenoxy) is 1.